The van der Waals surface area contributed by atoms with E-state index in [1.54, 1.807) is 18.2 Å². The van der Waals surface area contributed by atoms with Crippen molar-refractivity contribution in [2.24, 2.45) is 0 Å². The van der Waals surface area contributed by atoms with Gasteiger partial charge in [0.1, 0.15) is 11.6 Å². The molecule has 0 saturated carbocycles. The first kappa shape index (κ1) is 21.1. The van der Waals surface area contributed by atoms with Crippen molar-refractivity contribution in [3.63, 3.8) is 0 Å². The molecule has 32 heavy (non-hydrogen) atoms. The number of phenols is 3. The number of rotatable bonds is 3. The third-order valence-electron chi connectivity index (χ3n) is 4.66. The summed E-state index contributed by atoms with van der Waals surface area (Å²) in [5, 5.41) is 35.6. The lowest BCUT2D eigenvalue weighted by Crippen LogP contribution is -2.20. The molecule has 0 saturated heterocycles. The van der Waals surface area contributed by atoms with Crippen LogP contribution in [0.5, 0.6) is 17.2 Å². The van der Waals surface area contributed by atoms with Crippen molar-refractivity contribution < 1.29 is 28.9 Å². The average molecular weight is 458 g/mol. The van der Waals surface area contributed by atoms with Crippen LogP contribution >= 0.6 is 11.6 Å². The van der Waals surface area contributed by atoms with E-state index >= 15 is 0 Å². The average Bonchev–Trinajstić information content (AvgIpc) is 2.75. The summed E-state index contributed by atoms with van der Waals surface area (Å²) in [5.74, 6) is -3.69. The molecule has 3 aromatic carbocycles. The van der Waals surface area contributed by atoms with Crippen LogP contribution in [0, 0.1) is 11.6 Å². The minimum absolute atomic E-state index is 0.0678. The van der Waals surface area contributed by atoms with E-state index in [-0.39, 0.29) is 22.5 Å². The van der Waals surface area contributed by atoms with Crippen LogP contribution in [0.3, 0.4) is 0 Å². The smallest absolute Gasteiger partial charge is 0.323 e. The third kappa shape index (κ3) is 3.93. The fourth-order valence-electron chi connectivity index (χ4n) is 3.19. The highest BCUT2D eigenvalue weighted by Gasteiger charge is 2.20. The van der Waals surface area contributed by atoms with Gasteiger partial charge in [0, 0.05) is 27.6 Å². The van der Waals surface area contributed by atoms with E-state index < -0.39 is 34.9 Å². The summed E-state index contributed by atoms with van der Waals surface area (Å²) in [4.78, 5) is 16.8. The summed E-state index contributed by atoms with van der Waals surface area (Å²) in [6.45, 7) is 0. The largest absolute Gasteiger partial charge is 0.504 e. The number of aromatic hydroxyl groups is 3. The van der Waals surface area contributed by atoms with E-state index in [4.69, 9.17) is 11.6 Å². The molecule has 0 aliphatic heterocycles. The highest BCUT2D eigenvalue weighted by molar-refractivity contribution is 6.31. The minimum Gasteiger partial charge on any atom is -0.504 e. The molecular formula is C22H14ClF2N3O4. The minimum atomic E-state index is -0.968. The van der Waals surface area contributed by atoms with Crippen molar-refractivity contribution >= 4 is 39.9 Å². The number of benzene rings is 3. The van der Waals surface area contributed by atoms with E-state index in [0.29, 0.717) is 22.0 Å². The van der Waals surface area contributed by atoms with Gasteiger partial charge in [0.05, 0.1) is 23.1 Å². The molecule has 0 aliphatic carbocycles. The number of anilines is 2. The summed E-state index contributed by atoms with van der Waals surface area (Å²) in [7, 11) is 0. The molecule has 0 fully saturated rings. The second-order valence-electron chi connectivity index (χ2n) is 6.74. The molecule has 0 radical (unpaired) electrons. The lowest BCUT2D eigenvalue weighted by Gasteiger charge is -2.16. The fourth-order valence-corrected chi connectivity index (χ4v) is 3.36. The topological polar surface area (TPSA) is 115 Å². The van der Waals surface area contributed by atoms with E-state index in [1.807, 2.05) is 0 Å². The number of aromatic nitrogens is 1. The number of nitrogens with one attached hydrogen (secondary N) is 2. The van der Waals surface area contributed by atoms with Crippen LogP contribution in [0.15, 0.2) is 54.7 Å². The first-order valence-electron chi connectivity index (χ1n) is 9.10. The standard InChI is InChI=1S/C22H14ClF2N3O4/c23-10-1-4-15-13(7-10)19(12-3-6-18(29)21(31)20(12)30)17(9-26-15)28-22(32)27-16-5-2-11(24)8-14(16)25/h1-9,29-31H,(H2,27,28,32). The predicted molar refractivity (Wildman–Crippen MR) is 116 cm³/mol. The van der Waals surface area contributed by atoms with Gasteiger partial charge >= 0.3 is 6.03 Å². The lowest BCUT2D eigenvalue weighted by molar-refractivity contribution is 0.262. The van der Waals surface area contributed by atoms with Gasteiger partial charge in [-0.2, -0.15) is 0 Å². The van der Waals surface area contributed by atoms with Gasteiger partial charge in [-0.1, -0.05) is 11.6 Å². The zero-order chi connectivity index (χ0) is 23.0. The molecule has 2 amide bonds. The molecular weight excluding hydrogens is 444 g/mol. The van der Waals surface area contributed by atoms with Crippen LogP contribution in [-0.2, 0) is 0 Å². The Morgan fingerprint density at radius 3 is 2.41 bits per heavy atom. The molecule has 4 rings (SSSR count). The van der Waals surface area contributed by atoms with Crippen LogP contribution in [0.1, 0.15) is 0 Å². The monoisotopic (exact) mass is 457 g/mol. The number of nitrogens with zero attached hydrogens (tertiary/aromatic N) is 1. The Bertz CT molecular complexity index is 1380. The normalized spacial score (nSPS) is 10.8. The lowest BCUT2D eigenvalue weighted by atomic mass is 9.98. The van der Waals surface area contributed by atoms with E-state index in [9.17, 15) is 28.9 Å². The molecule has 0 aliphatic rings. The number of amides is 2. The van der Waals surface area contributed by atoms with Gasteiger partial charge < -0.3 is 26.0 Å². The molecule has 0 bridgehead atoms. The van der Waals surface area contributed by atoms with Gasteiger partial charge in [0.15, 0.2) is 11.5 Å². The number of pyridine rings is 1. The SMILES string of the molecule is O=C(Nc1ccc(F)cc1F)Nc1cnc2ccc(Cl)cc2c1-c1ccc(O)c(O)c1O. The fraction of sp³-hybridized carbons (Fsp3) is 0. The zero-order valence-corrected chi connectivity index (χ0v) is 16.8. The van der Waals surface area contributed by atoms with Crippen molar-refractivity contribution in [3.05, 3.63) is 71.4 Å². The van der Waals surface area contributed by atoms with Crippen LogP contribution in [0.2, 0.25) is 5.02 Å². The van der Waals surface area contributed by atoms with Gasteiger partial charge in [-0.05, 0) is 42.5 Å². The van der Waals surface area contributed by atoms with E-state index in [1.165, 1.54) is 18.3 Å². The van der Waals surface area contributed by atoms with Crippen LogP contribution in [0.4, 0.5) is 25.0 Å². The number of carbonyl (C=O) groups excluding carboxylic acids is 1. The second kappa shape index (κ2) is 8.20. The summed E-state index contributed by atoms with van der Waals surface area (Å²) in [6.07, 6.45) is 1.30. The van der Waals surface area contributed by atoms with Crippen molar-refractivity contribution in [2.45, 2.75) is 0 Å². The highest BCUT2D eigenvalue weighted by atomic mass is 35.5. The van der Waals surface area contributed by atoms with Crippen molar-refractivity contribution in [1.82, 2.24) is 4.98 Å². The van der Waals surface area contributed by atoms with Crippen LogP contribution in [0.25, 0.3) is 22.0 Å². The van der Waals surface area contributed by atoms with Crippen molar-refractivity contribution in [3.8, 4) is 28.4 Å². The van der Waals surface area contributed by atoms with Crippen molar-refractivity contribution in [1.29, 1.82) is 0 Å². The van der Waals surface area contributed by atoms with Gasteiger partial charge in [-0.3, -0.25) is 4.98 Å². The summed E-state index contributed by atoms with van der Waals surface area (Å²) < 4.78 is 27.0. The van der Waals surface area contributed by atoms with E-state index in [2.05, 4.69) is 15.6 Å². The molecule has 162 valence electrons. The maximum Gasteiger partial charge on any atom is 0.323 e. The van der Waals surface area contributed by atoms with Crippen LogP contribution in [-0.4, -0.2) is 26.3 Å². The number of halogens is 3. The van der Waals surface area contributed by atoms with Gasteiger partial charge in [-0.15, -0.1) is 0 Å². The van der Waals surface area contributed by atoms with Gasteiger partial charge in [0.25, 0.3) is 0 Å². The summed E-state index contributed by atoms with van der Waals surface area (Å²) in [6, 6.07) is 9.07. The molecule has 4 aromatic rings. The van der Waals surface area contributed by atoms with Crippen molar-refractivity contribution in [2.75, 3.05) is 10.6 Å². The molecule has 5 N–H and O–H groups in total. The Balaban J connectivity index is 1.82. The summed E-state index contributed by atoms with van der Waals surface area (Å²) >= 11 is 6.12. The number of hydrogen-bond acceptors (Lipinski definition) is 5. The number of hydrogen-bond donors (Lipinski definition) is 5. The second-order valence-corrected chi connectivity index (χ2v) is 7.18. The maximum absolute atomic E-state index is 13.9. The number of phenolic OH excluding ortho intramolecular Hbond substituents is 3. The molecule has 0 spiro atoms. The molecule has 1 aromatic heterocycles. The van der Waals surface area contributed by atoms with Crippen LogP contribution < -0.4 is 10.6 Å². The Morgan fingerprint density at radius 1 is 0.906 bits per heavy atom. The number of carbonyl (C=O) groups is 1. The zero-order valence-electron chi connectivity index (χ0n) is 16.0. The molecule has 0 atom stereocenters. The maximum atomic E-state index is 13.9. The van der Waals surface area contributed by atoms with E-state index in [0.717, 1.165) is 12.1 Å². The molecule has 7 nitrogen and oxygen atoms in total. The Hall–Kier alpha value is -4.11. The number of urea groups is 1. The quantitative estimate of drug-likeness (QED) is 0.257. The van der Waals surface area contributed by atoms with Gasteiger partial charge in [0.2, 0.25) is 5.75 Å². The van der Waals surface area contributed by atoms with Gasteiger partial charge in [-0.25, -0.2) is 13.6 Å². The Kier molecular flexibility index (Phi) is 5.41. The predicted octanol–water partition coefficient (Wildman–Crippen LogP) is 5.59. The first-order chi connectivity index (χ1) is 15.2. The molecule has 1 heterocycles. The first-order valence-corrected chi connectivity index (χ1v) is 9.48. The summed E-state index contributed by atoms with van der Waals surface area (Å²) in [5.41, 5.74) is 0.595. The molecule has 0 unspecified atom stereocenters. The third-order valence-corrected chi connectivity index (χ3v) is 4.89. The highest BCUT2D eigenvalue weighted by Crippen LogP contribution is 2.46. The number of fused-ring (bicyclic) bond motifs is 1. The Labute approximate surface area is 184 Å². The Morgan fingerprint density at radius 2 is 1.66 bits per heavy atom. The molecule has 10 heteroatoms.